The summed E-state index contributed by atoms with van der Waals surface area (Å²) in [5, 5.41) is 19.5. The molecule has 0 saturated carbocycles. The van der Waals surface area contributed by atoms with Crippen LogP contribution >= 0.6 is 0 Å². The smallest absolute Gasteiger partial charge is 0.340 e. The average molecular weight is 641 g/mol. The first-order chi connectivity index (χ1) is 22.0. The number of nitrogens with zero attached hydrogens (tertiary/aromatic N) is 3. The monoisotopic (exact) mass is 640 g/mol. The quantitative estimate of drug-likeness (QED) is 0.110. The van der Waals surface area contributed by atoms with Gasteiger partial charge in [-0.05, 0) is 56.2 Å². The number of carbonyl (C=O) groups is 3. The van der Waals surface area contributed by atoms with Gasteiger partial charge in [0.2, 0.25) is 5.88 Å². The van der Waals surface area contributed by atoms with Gasteiger partial charge in [-0.3, -0.25) is 14.2 Å². The Labute approximate surface area is 272 Å². The van der Waals surface area contributed by atoms with E-state index in [0.717, 1.165) is 62.4 Å². The molecule has 0 bridgehead atoms. The van der Waals surface area contributed by atoms with Crippen LogP contribution in [0, 0.1) is 18.8 Å². The van der Waals surface area contributed by atoms with Gasteiger partial charge >= 0.3 is 11.9 Å². The third-order valence-corrected chi connectivity index (χ3v) is 8.34. The predicted molar refractivity (Wildman–Crippen MR) is 178 cm³/mol. The molecule has 2 aromatic rings. The van der Waals surface area contributed by atoms with Crippen LogP contribution in [-0.4, -0.2) is 40.7 Å². The molecule has 2 atom stereocenters. The number of hydrogen-bond acceptors (Lipinski definition) is 9. The zero-order valence-electron chi connectivity index (χ0n) is 28.4. The highest BCUT2D eigenvalue weighted by Crippen LogP contribution is 2.34. The van der Waals surface area contributed by atoms with Gasteiger partial charge in [0.15, 0.2) is 0 Å². The van der Waals surface area contributed by atoms with Crippen molar-refractivity contribution in [2.24, 2.45) is 27.8 Å². The Morgan fingerprint density at radius 3 is 1.96 bits per heavy atom. The van der Waals surface area contributed by atoms with Crippen molar-refractivity contribution in [1.82, 2.24) is 4.57 Å². The molecule has 3 N–H and O–H groups in total. The Morgan fingerprint density at radius 1 is 0.870 bits per heavy atom. The summed E-state index contributed by atoms with van der Waals surface area (Å²) in [5.41, 5.74) is 4.62. The molecular weight excluding hydrogens is 588 g/mol. The second-order valence-corrected chi connectivity index (χ2v) is 11.8. The lowest BCUT2D eigenvalue weighted by molar-refractivity contribution is 0.0415. The van der Waals surface area contributed by atoms with E-state index in [1.165, 1.54) is 25.1 Å². The first-order valence-corrected chi connectivity index (χ1v) is 16.7. The summed E-state index contributed by atoms with van der Waals surface area (Å²) in [7, 11) is 0. The molecule has 11 heteroatoms. The van der Waals surface area contributed by atoms with Gasteiger partial charge in [0.1, 0.15) is 16.9 Å². The number of carbonyl (C=O) groups excluding carboxylic acids is 3. The van der Waals surface area contributed by atoms with Crippen LogP contribution in [0.3, 0.4) is 0 Å². The zero-order valence-corrected chi connectivity index (χ0v) is 28.4. The summed E-state index contributed by atoms with van der Waals surface area (Å²) in [6.45, 7) is 12.3. The Balaban J connectivity index is 2.57. The molecular formula is C35H52N4O7. The van der Waals surface area contributed by atoms with Crippen molar-refractivity contribution in [3.63, 3.8) is 0 Å². The first kappa shape index (κ1) is 38.2. The van der Waals surface area contributed by atoms with Gasteiger partial charge in [0, 0.05) is 12.1 Å². The number of hydrogen-bond donors (Lipinski definition) is 2. The van der Waals surface area contributed by atoms with E-state index >= 15 is 0 Å². The fourth-order valence-corrected chi connectivity index (χ4v) is 5.10. The molecule has 0 aliphatic rings. The third kappa shape index (κ3) is 10.5. The summed E-state index contributed by atoms with van der Waals surface area (Å²) in [6.07, 6.45) is 9.08. The lowest BCUT2D eigenvalue weighted by Crippen LogP contribution is -2.31. The molecule has 0 saturated heterocycles. The molecule has 0 aliphatic carbocycles. The van der Waals surface area contributed by atoms with Crippen LogP contribution < -0.4 is 11.3 Å². The molecule has 1 heterocycles. The van der Waals surface area contributed by atoms with Crippen LogP contribution in [0.1, 0.15) is 135 Å². The van der Waals surface area contributed by atoms with Gasteiger partial charge in [-0.25, -0.2) is 9.59 Å². The number of aromatic hydroxyl groups is 1. The van der Waals surface area contributed by atoms with Crippen molar-refractivity contribution < 1.29 is 29.0 Å². The summed E-state index contributed by atoms with van der Waals surface area (Å²) in [4.78, 5) is 51.6. The van der Waals surface area contributed by atoms with E-state index in [1.54, 1.807) is 0 Å². The molecule has 2 unspecified atom stereocenters. The van der Waals surface area contributed by atoms with E-state index in [-0.39, 0.29) is 65.2 Å². The SMILES string of the molecule is CCCCC(CC)COC(=O)c1ccc(C(=O)OCC(CC)CCCC)c(/N=N/c2c(C)c(C(N)=O)c(=O)n(CCCC)c2O)c1. The Morgan fingerprint density at radius 2 is 1.43 bits per heavy atom. The number of aromatic nitrogens is 1. The molecule has 254 valence electrons. The maximum Gasteiger partial charge on any atom is 0.340 e. The van der Waals surface area contributed by atoms with Crippen LogP contribution in [-0.2, 0) is 16.0 Å². The molecule has 1 aromatic heterocycles. The highest BCUT2D eigenvalue weighted by atomic mass is 16.5. The Bertz CT molecular complexity index is 1420. The highest BCUT2D eigenvalue weighted by Gasteiger charge is 2.24. The van der Waals surface area contributed by atoms with Gasteiger partial charge in [-0.15, -0.1) is 10.2 Å². The fourth-order valence-electron chi connectivity index (χ4n) is 5.10. The normalized spacial score (nSPS) is 12.7. The number of benzene rings is 1. The molecule has 0 spiro atoms. The topological polar surface area (TPSA) is 163 Å². The number of amides is 1. The van der Waals surface area contributed by atoms with Crippen LogP contribution in [0.25, 0.3) is 0 Å². The predicted octanol–water partition coefficient (Wildman–Crippen LogP) is 7.92. The molecule has 0 aliphatic heterocycles. The number of rotatable bonds is 20. The summed E-state index contributed by atoms with van der Waals surface area (Å²) in [6, 6.07) is 4.31. The van der Waals surface area contributed by atoms with Gasteiger partial charge < -0.3 is 20.3 Å². The van der Waals surface area contributed by atoms with E-state index in [2.05, 4.69) is 37.9 Å². The van der Waals surface area contributed by atoms with Gasteiger partial charge in [-0.2, -0.15) is 0 Å². The maximum absolute atomic E-state index is 13.3. The van der Waals surface area contributed by atoms with Crippen LogP contribution in [0.5, 0.6) is 5.88 Å². The number of pyridine rings is 1. The second kappa shape index (κ2) is 19.5. The molecule has 1 aromatic carbocycles. The molecule has 1 amide bonds. The van der Waals surface area contributed by atoms with Crippen molar-refractivity contribution in [1.29, 1.82) is 0 Å². The van der Waals surface area contributed by atoms with E-state index in [9.17, 15) is 24.3 Å². The first-order valence-electron chi connectivity index (χ1n) is 16.7. The van der Waals surface area contributed by atoms with Crippen molar-refractivity contribution in [2.75, 3.05) is 13.2 Å². The summed E-state index contributed by atoms with van der Waals surface area (Å²) >= 11 is 0. The lowest BCUT2D eigenvalue weighted by Gasteiger charge is -2.16. The number of nitrogens with two attached hydrogens (primary N) is 1. The molecule has 46 heavy (non-hydrogen) atoms. The minimum absolute atomic E-state index is 0.00446. The minimum atomic E-state index is -0.962. The molecule has 0 fully saturated rings. The van der Waals surface area contributed by atoms with Crippen LogP contribution in [0.4, 0.5) is 11.4 Å². The molecule has 11 nitrogen and oxygen atoms in total. The number of esters is 2. The van der Waals surface area contributed by atoms with Crippen molar-refractivity contribution in [3.05, 3.63) is 50.8 Å². The minimum Gasteiger partial charge on any atom is -0.493 e. The van der Waals surface area contributed by atoms with Crippen molar-refractivity contribution in [2.45, 2.75) is 112 Å². The van der Waals surface area contributed by atoms with Crippen molar-refractivity contribution in [3.8, 4) is 5.88 Å². The van der Waals surface area contributed by atoms with Crippen LogP contribution in [0.15, 0.2) is 33.2 Å². The summed E-state index contributed by atoms with van der Waals surface area (Å²) in [5.74, 6) is -2.20. The number of primary amides is 1. The number of azo groups is 1. The van der Waals surface area contributed by atoms with Crippen molar-refractivity contribution >= 4 is 29.2 Å². The standard InChI is InChI=1S/C35H52N4O7/c1-7-12-15-24(10-4)21-45-34(43)26-17-18-27(35(44)46-22-25(11-5)16-13-8-2)28(20-26)37-38-30-23(6)29(31(36)40)32(41)39(33(30)42)19-14-9-3/h17-18,20,24-25,42H,7-16,19,21-22H2,1-6H3,(H2,36,40)/b38-37+. The summed E-state index contributed by atoms with van der Waals surface area (Å²) < 4.78 is 12.3. The fraction of sp³-hybridized carbons (Fsp3) is 0.600. The molecule has 0 radical (unpaired) electrons. The maximum atomic E-state index is 13.3. The van der Waals surface area contributed by atoms with Crippen LogP contribution in [0.2, 0.25) is 0 Å². The van der Waals surface area contributed by atoms with E-state index in [1.807, 2.05) is 6.92 Å². The number of ether oxygens (including phenoxy) is 2. The van der Waals surface area contributed by atoms with Gasteiger partial charge in [-0.1, -0.05) is 79.6 Å². The zero-order chi connectivity index (χ0) is 34.2. The average Bonchev–Trinajstić information content (AvgIpc) is 3.04. The van der Waals surface area contributed by atoms with Gasteiger partial charge in [0.05, 0.1) is 24.3 Å². The Hall–Kier alpha value is -4.02. The van der Waals surface area contributed by atoms with E-state index < -0.39 is 29.3 Å². The molecule has 2 rings (SSSR count). The highest BCUT2D eigenvalue weighted by molar-refractivity contribution is 5.98. The Kier molecular flexibility index (Phi) is 16.2. The largest absolute Gasteiger partial charge is 0.493 e. The van der Waals surface area contributed by atoms with E-state index in [4.69, 9.17) is 15.2 Å². The number of unbranched alkanes of at least 4 members (excludes halogenated alkanes) is 3. The van der Waals surface area contributed by atoms with E-state index in [0.29, 0.717) is 6.42 Å². The lowest BCUT2D eigenvalue weighted by atomic mass is 10.0. The van der Waals surface area contributed by atoms with Gasteiger partial charge in [0.25, 0.3) is 11.5 Å². The third-order valence-electron chi connectivity index (χ3n) is 8.34. The second-order valence-electron chi connectivity index (χ2n) is 11.8.